The number of benzene rings is 4. The largest absolute Gasteiger partial charge is 0.366 e. The molecule has 4 aliphatic carbocycles. The molecule has 35 heteroatoms. The van der Waals surface area contributed by atoms with E-state index < -0.39 is 5.91 Å². The third-order valence-corrected chi connectivity index (χ3v) is 23.2. The van der Waals surface area contributed by atoms with Crippen LogP contribution < -0.4 is 54.6 Å². The lowest BCUT2D eigenvalue weighted by atomic mass is 10.1. The number of anilines is 4. The van der Waals surface area contributed by atoms with Crippen molar-refractivity contribution >= 4 is 180 Å². The van der Waals surface area contributed by atoms with Gasteiger partial charge in [0.25, 0.3) is 34.1 Å². The zero-order valence-corrected chi connectivity index (χ0v) is 67.5. The highest BCUT2D eigenvalue weighted by Crippen LogP contribution is 2.44. The van der Waals surface area contributed by atoms with Crippen molar-refractivity contribution < 1.29 is 9.59 Å². The molecule has 11 N–H and O–H groups in total. The molecule has 0 unspecified atom stereocenters. The molecule has 596 valence electrons. The van der Waals surface area contributed by atoms with E-state index in [4.69, 9.17) is 63.7 Å². The van der Waals surface area contributed by atoms with Crippen LogP contribution in [0, 0.1) is 11.3 Å². The fraction of sp³-hybridized carbons (Fsp3) is 0.253. The van der Waals surface area contributed by atoms with Gasteiger partial charge in [-0.05, 0) is 149 Å². The number of fused-ring (bicyclic) bond motifs is 8. The molecule has 12 heterocycles. The third kappa shape index (κ3) is 14.7. The number of rotatable bonds is 18. The van der Waals surface area contributed by atoms with E-state index in [1.807, 2.05) is 119 Å². The lowest BCUT2D eigenvalue weighted by molar-refractivity contribution is 0.0963. The predicted molar refractivity (Wildman–Crippen MR) is 459 cm³/mol. The van der Waals surface area contributed by atoms with E-state index in [0.29, 0.717) is 131 Å². The van der Waals surface area contributed by atoms with Crippen molar-refractivity contribution in [2.75, 3.05) is 28.3 Å². The van der Waals surface area contributed by atoms with Crippen molar-refractivity contribution in [2.24, 2.45) is 5.73 Å². The molecule has 2 amide bonds. The lowest BCUT2D eigenvalue weighted by Crippen LogP contribution is -2.26. The van der Waals surface area contributed by atoms with Gasteiger partial charge in [-0.2, -0.15) is 10.4 Å². The second kappa shape index (κ2) is 31.7. The number of nitriles is 1. The second-order valence-corrected chi connectivity index (χ2v) is 31.6. The van der Waals surface area contributed by atoms with Crippen molar-refractivity contribution in [1.82, 2.24) is 88.6 Å². The Hall–Kier alpha value is -12.8. The molecule has 4 aliphatic rings. The molecular formula is C83H73Cl5N24O6. The van der Waals surface area contributed by atoms with Crippen LogP contribution in [0.15, 0.2) is 160 Å². The van der Waals surface area contributed by atoms with E-state index >= 15 is 0 Å². The first-order chi connectivity index (χ1) is 57.1. The van der Waals surface area contributed by atoms with Gasteiger partial charge in [-0.3, -0.25) is 33.9 Å². The van der Waals surface area contributed by atoms with E-state index in [9.17, 15) is 34.0 Å². The molecule has 0 bridgehead atoms. The minimum absolute atomic E-state index is 0.0524. The van der Waals surface area contributed by atoms with Crippen LogP contribution in [0.25, 0.3) is 87.2 Å². The zero-order valence-electron chi connectivity index (χ0n) is 63.7. The molecule has 20 rings (SSSR count). The van der Waals surface area contributed by atoms with Gasteiger partial charge in [0.2, 0.25) is 0 Å². The Labute approximate surface area is 694 Å². The highest BCUT2D eigenvalue weighted by atomic mass is 35.5. The van der Waals surface area contributed by atoms with Crippen LogP contribution in [0.1, 0.15) is 176 Å². The van der Waals surface area contributed by atoms with Crippen molar-refractivity contribution in [3.05, 3.63) is 247 Å². The fourth-order valence-corrected chi connectivity index (χ4v) is 16.7. The van der Waals surface area contributed by atoms with Gasteiger partial charge in [0.05, 0.1) is 98.7 Å². The third-order valence-electron chi connectivity index (χ3n) is 21.6. The molecule has 16 aromatic rings. The number of carbonyl (C=O) groups excluding carboxylic acids is 2. The van der Waals surface area contributed by atoms with E-state index in [-0.39, 0.29) is 76.5 Å². The van der Waals surface area contributed by atoms with Gasteiger partial charge in [0, 0.05) is 72.6 Å². The zero-order chi connectivity index (χ0) is 82.2. The number of nitrogens with one attached hydrogen (secondary N) is 9. The van der Waals surface area contributed by atoms with E-state index in [0.717, 1.165) is 95.7 Å². The van der Waals surface area contributed by atoms with Crippen molar-refractivity contribution in [3.8, 4) is 6.07 Å². The Morgan fingerprint density at radius 2 is 0.754 bits per heavy atom. The Balaban J connectivity index is 0.000000113. The molecule has 4 atom stereocenters. The number of halogens is 5. The maximum absolute atomic E-state index is 13.3. The summed E-state index contributed by atoms with van der Waals surface area (Å²) in [7, 11) is 1.58. The van der Waals surface area contributed by atoms with Gasteiger partial charge in [-0.25, -0.2) is 39.9 Å². The maximum atomic E-state index is 13.3. The summed E-state index contributed by atoms with van der Waals surface area (Å²) in [6.07, 6.45) is 18.3. The van der Waals surface area contributed by atoms with Crippen LogP contribution in [0.5, 0.6) is 0 Å². The number of primary amides is 1. The first kappa shape index (κ1) is 77.8. The summed E-state index contributed by atoms with van der Waals surface area (Å²) in [5.41, 5.74) is 12.1. The van der Waals surface area contributed by atoms with E-state index in [1.165, 1.54) is 31.5 Å². The van der Waals surface area contributed by atoms with Crippen LogP contribution in [0.2, 0.25) is 25.2 Å². The van der Waals surface area contributed by atoms with Crippen LogP contribution in [-0.4, -0.2) is 102 Å². The number of pyridine rings is 4. The number of hydrogen-bond acceptors (Lipinski definition) is 20. The number of amides is 2. The quantitative estimate of drug-likeness (QED) is 0.0381. The molecule has 118 heavy (non-hydrogen) atoms. The average molecular weight is 1680 g/mol. The monoisotopic (exact) mass is 1680 g/mol. The molecule has 0 spiro atoms. The van der Waals surface area contributed by atoms with E-state index in [2.05, 4.69) is 97.7 Å². The molecule has 4 fully saturated rings. The van der Waals surface area contributed by atoms with Crippen molar-refractivity contribution in [3.63, 3.8) is 0 Å². The summed E-state index contributed by atoms with van der Waals surface area (Å²) < 4.78 is 7.39. The molecule has 0 radical (unpaired) electrons. The highest BCUT2D eigenvalue weighted by Gasteiger charge is 2.35. The van der Waals surface area contributed by atoms with Gasteiger partial charge in [-0.1, -0.05) is 107 Å². The standard InChI is InChI=1S/C22H21ClN6O2.C21H19ClN6O2.C21H17ClN6O.C19H16Cl2N6O/c1-11(28-20-18-14(21(30)24-2)9-25-19(18)26-10-27-20)16-8-12-4-3-5-15(23)17(12)22(31)29(16)13-6-7-13;1-10(27-20-17-13(18(23)29)8-24-19(17)25-9-26-20)15-7-11-3-2-4-14(22)16(11)21(30)28(15)12-5-6-12;1-11(27-20-18-13(8-23)9-24-19(18)25-10-26-20)16-7-12-3-2-4-15(22)17(12)21(29)28(16)14-5-6-14;1-9(24-17-15-16(21)25-26-18(15)23-8-22-17)13-7-10-3-2-4-12(20)14(10)19(28)27(13)11-5-6-11/h3-5,8-11,13H,6-7H2,1-2H3,(H,24,30)(H2,25,26,27,28);2-4,7-10,12H,5-6H2,1H3,(H2,23,29)(H2,24,25,26,27);2-4,7,9-11,14H,5-6H2,1H3,(H2,24,25,26,27);2-4,7-9,11H,5-6H2,1H3,(H2,22,23,24,25,26)/t11-;10-;11-;9-/m0000/s1. The lowest BCUT2D eigenvalue weighted by Gasteiger charge is -2.21. The van der Waals surface area contributed by atoms with Gasteiger partial charge < -0.3 is 65.5 Å². The van der Waals surface area contributed by atoms with Gasteiger partial charge >= 0.3 is 0 Å². The highest BCUT2D eigenvalue weighted by molar-refractivity contribution is 6.37. The number of aromatic nitrogens is 17. The number of carbonyl (C=O) groups is 2. The Morgan fingerprint density at radius 3 is 1.09 bits per heavy atom. The number of nitrogens with two attached hydrogens (primary N) is 1. The maximum Gasteiger partial charge on any atom is 0.260 e. The van der Waals surface area contributed by atoms with Crippen LogP contribution >= 0.6 is 58.0 Å². The normalized spacial score (nSPS) is 14.9. The molecule has 4 saturated carbocycles. The molecule has 4 aromatic carbocycles. The molecule has 12 aromatic heterocycles. The second-order valence-electron chi connectivity index (χ2n) is 29.6. The molecule has 0 saturated heterocycles. The summed E-state index contributed by atoms with van der Waals surface area (Å²) in [5, 5.41) is 42.4. The summed E-state index contributed by atoms with van der Waals surface area (Å²) in [5.74, 6) is 1.33. The first-order valence-corrected chi connectivity index (χ1v) is 40.1. The van der Waals surface area contributed by atoms with Gasteiger partial charge in [0.15, 0.2) is 5.65 Å². The predicted octanol–water partition coefficient (Wildman–Crippen LogP) is 16.1. The topological polar surface area (TPSA) is 411 Å². The summed E-state index contributed by atoms with van der Waals surface area (Å²) in [4.78, 5) is 120. The van der Waals surface area contributed by atoms with Gasteiger partial charge in [-0.15, -0.1) is 0 Å². The fourth-order valence-electron chi connectivity index (χ4n) is 15.4. The molecular weight excluding hydrogens is 1610 g/mol. The SMILES string of the molecule is CNC(=O)c1c[nH]c2ncnc(N[C@@H](C)c3cc4cccc(Cl)c4c(=O)n3C3CC3)c12.C[C@H](Nc1ncnc2[nH]cc(C#N)c12)c1cc2cccc(Cl)c2c(=O)n1C1CC1.C[C@H](Nc1ncnc2[nH]cc(C(N)=O)c12)c1cc2cccc(Cl)c2c(=O)n1C1CC1.C[C@H](Nc1ncnc2n[nH]c(Cl)c12)c1cc2cccc(Cl)c2c(=O)n1C1CC1. The number of nitrogens with zero attached hydrogens (tertiary/aromatic N) is 14. The van der Waals surface area contributed by atoms with Crippen LogP contribution in [0.3, 0.4) is 0 Å². The van der Waals surface area contributed by atoms with Crippen molar-refractivity contribution in [1.29, 1.82) is 5.26 Å². The van der Waals surface area contributed by atoms with Crippen LogP contribution in [0.4, 0.5) is 23.3 Å². The Kier molecular flexibility index (Phi) is 20.9. The molecule has 30 nitrogen and oxygen atoms in total. The number of aromatic amines is 4. The minimum atomic E-state index is -0.568. The summed E-state index contributed by atoms with van der Waals surface area (Å²) >= 11 is 31.5. The number of H-pyrrole nitrogens is 4. The Bertz CT molecular complexity index is 7070. The van der Waals surface area contributed by atoms with E-state index in [1.54, 1.807) is 43.7 Å². The molecule has 0 aliphatic heterocycles. The summed E-state index contributed by atoms with van der Waals surface area (Å²) in [6.45, 7) is 7.90. The average Bonchev–Trinajstić information content (AvgIpc) is 1.28. The van der Waals surface area contributed by atoms with Gasteiger partial charge in [0.1, 0.15) is 82.1 Å². The Morgan fingerprint density at radius 1 is 0.441 bits per heavy atom. The number of hydrogen-bond donors (Lipinski definition) is 10. The van der Waals surface area contributed by atoms with Crippen molar-refractivity contribution in [2.45, 2.75) is 127 Å². The first-order valence-electron chi connectivity index (χ1n) is 38.2. The summed E-state index contributed by atoms with van der Waals surface area (Å²) in [6, 6.07) is 31.9. The van der Waals surface area contributed by atoms with Crippen LogP contribution in [-0.2, 0) is 0 Å². The smallest absolute Gasteiger partial charge is 0.260 e. The minimum Gasteiger partial charge on any atom is -0.366 e.